The van der Waals surface area contributed by atoms with Gasteiger partial charge in [0, 0.05) is 33.2 Å². The molecule has 0 bridgehead atoms. The van der Waals surface area contributed by atoms with Gasteiger partial charge >= 0.3 is 0 Å². The zero-order chi connectivity index (χ0) is 20.5. The Balaban J connectivity index is 1.59. The van der Waals surface area contributed by atoms with Gasteiger partial charge in [0.25, 0.3) is 0 Å². The van der Waals surface area contributed by atoms with Crippen LogP contribution in [0.15, 0.2) is 29.3 Å². The second-order valence-corrected chi connectivity index (χ2v) is 6.97. The van der Waals surface area contributed by atoms with Crippen LogP contribution in [0.2, 0.25) is 0 Å². The van der Waals surface area contributed by atoms with E-state index in [1.807, 2.05) is 42.8 Å². The van der Waals surface area contributed by atoms with Gasteiger partial charge < -0.3 is 24.7 Å². The fraction of sp³-hybridized carbons (Fsp3) is 0.550. The third-order valence-corrected chi connectivity index (χ3v) is 4.97. The van der Waals surface area contributed by atoms with Gasteiger partial charge in [-0.05, 0) is 24.6 Å². The van der Waals surface area contributed by atoms with E-state index in [2.05, 4.69) is 25.7 Å². The highest BCUT2D eigenvalue weighted by Crippen LogP contribution is 2.13. The molecule has 29 heavy (non-hydrogen) atoms. The highest BCUT2D eigenvalue weighted by atomic mass is 16.5. The molecule has 1 fully saturated rings. The summed E-state index contributed by atoms with van der Waals surface area (Å²) in [5.41, 5.74) is 1.09. The van der Waals surface area contributed by atoms with Crippen molar-refractivity contribution in [3.63, 3.8) is 0 Å². The first-order valence-corrected chi connectivity index (χ1v) is 9.96. The summed E-state index contributed by atoms with van der Waals surface area (Å²) in [7, 11) is 3.64. The molecular formula is C20H31N7O2. The molecule has 1 saturated heterocycles. The van der Waals surface area contributed by atoms with Crippen LogP contribution in [-0.2, 0) is 24.9 Å². The molecule has 0 radical (unpaired) electrons. The van der Waals surface area contributed by atoms with E-state index in [9.17, 15) is 0 Å². The van der Waals surface area contributed by atoms with E-state index in [0.717, 1.165) is 68.3 Å². The van der Waals surface area contributed by atoms with E-state index in [-0.39, 0.29) is 0 Å². The lowest BCUT2D eigenvalue weighted by Gasteiger charge is -2.26. The van der Waals surface area contributed by atoms with E-state index >= 15 is 0 Å². The highest BCUT2D eigenvalue weighted by molar-refractivity contribution is 5.79. The average molecular weight is 402 g/mol. The van der Waals surface area contributed by atoms with Crippen LogP contribution in [0.3, 0.4) is 0 Å². The number of aryl methyl sites for hydroxylation is 1. The minimum Gasteiger partial charge on any atom is -0.497 e. The summed E-state index contributed by atoms with van der Waals surface area (Å²) in [5, 5.41) is 15.1. The number of benzene rings is 1. The van der Waals surface area contributed by atoms with Gasteiger partial charge in [-0.2, -0.15) is 0 Å². The number of methoxy groups -OCH3 is 1. The first kappa shape index (κ1) is 21.1. The number of aromatic nitrogens is 3. The normalized spacial score (nSPS) is 15.3. The van der Waals surface area contributed by atoms with Crippen molar-refractivity contribution in [2.75, 3.05) is 46.5 Å². The second-order valence-electron chi connectivity index (χ2n) is 6.97. The van der Waals surface area contributed by atoms with Gasteiger partial charge in [0.05, 0.1) is 33.4 Å². The Morgan fingerprint density at radius 3 is 2.79 bits per heavy atom. The summed E-state index contributed by atoms with van der Waals surface area (Å²) in [4.78, 5) is 7.13. The summed E-state index contributed by atoms with van der Waals surface area (Å²) in [6, 6.07) is 7.96. The SMILES string of the molecule is COc1cccc(CN=C(NCCN2CCOCC2)NCc2nnc(C)n2C)c1. The van der Waals surface area contributed by atoms with Crippen molar-refractivity contribution in [2.24, 2.45) is 12.0 Å². The van der Waals surface area contributed by atoms with Crippen LogP contribution in [0.5, 0.6) is 5.75 Å². The Morgan fingerprint density at radius 1 is 1.24 bits per heavy atom. The Labute approximate surface area is 172 Å². The lowest BCUT2D eigenvalue weighted by Crippen LogP contribution is -2.44. The van der Waals surface area contributed by atoms with E-state index in [1.54, 1.807) is 7.11 Å². The topological polar surface area (TPSA) is 88.8 Å². The van der Waals surface area contributed by atoms with Gasteiger partial charge in [0.15, 0.2) is 11.8 Å². The summed E-state index contributed by atoms with van der Waals surface area (Å²) in [6.45, 7) is 8.37. The smallest absolute Gasteiger partial charge is 0.192 e. The highest BCUT2D eigenvalue weighted by Gasteiger charge is 2.10. The zero-order valence-electron chi connectivity index (χ0n) is 17.5. The number of guanidine groups is 1. The maximum Gasteiger partial charge on any atom is 0.192 e. The van der Waals surface area contributed by atoms with Gasteiger partial charge in [-0.1, -0.05) is 12.1 Å². The van der Waals surface area contributed by atoms with Crippen LogP contribution in [-0.4, -0.2) is 72.1 Å². The maximum atomic E-state index is 5.41. The lowest BCUT2D eigenvalue weighted by atomic mass is 10.2. The molecule has 1 aromatic heterocycles. The molecule has 0 spiro atoms. The zero-order valence-corrected chi connectivity index (χ0v) is 17.5. The molecule has 9 heteroatoms. The molecule has 2 N–H and O–H groups in total. The molecule has 1 aliphatic heterocycles. The number of hydrogen-bond donors (Lipinski definition) is 2. The van der Waals surface area contributed by atoms with Crippen LogP contribution in [0.4, 0.5) is 0 Å². The van der Waals surface area contributed by atoms with Gasteiger partial charge in [-0.15, -0.1) is 10.2 Å². The Morgan fingerprint density at radius 2 is 2.07 bits per heavy atom. The van der Waals surface area contributed by atoms with Crippen LogP contribution < -0.4 is 15.4 Å². The molecule has 158 valence electrons. The van der Waals surface area contributed by atoms with E-state index in [4.69, 9.17) is 14.5 Å². The van der Waals surface area contributed by atoms with Gasteiger partial charge in [0.2, 0.25) is 0 Å². The van der Waals surface area contributed by atoms with Crippen molar-refractivity contribution in [3.8, 4) is 5.75 Å². The maximum absolute atomic E-state index is 5.41. The van der Waals surface area contributed by atoms with Crippen molar-refractivity contribution in [3.05, 3.63) is 41.5 Å². The summed E-state index contributed by atoms with van der Waals surface area (Å²) in [5.74, 6) is 3.34. The van der Waals surface area contributed by atoms with Gasteiger partial charge in [0.1, 0.15) is 11.6 Å². The summed E-state index contributed by atoms with van der Waals surface area (Å²) in [6.07, 6.45) is 0. The summed E-state index contributed by atoms with van der Waals surface area (Å²) >= 11 is 0. The first-order valence-electron chi connectivity index (χ1n) is 9.96. The van der Waals surface area contributed by atoms with Crippen molar-refractivity contribution < 1.29 is 9.47 Å². The van der Waals surface area contributed by atoms with E-state index in [1.165, 1.54) is 0 Å². The van der Waals surface area contributed by atoms with Gasteiger partial charge in [-0.25, -0.2) is 4.99 Å². The van der Waals surface area contributed by atoms with E-state index in [0.29, 0.717) is 13.1 Å². The minimum atomic E-state index is 0.554. The molecule has 1 aliphatic rings. The van der Waals surface area contributed by atoms with Crippen LogP contribution in [0.1, 0.15) is 17.2 Å². The van der Waals surface area contributed by atoms with Crippen molar-refractivity contribution in [1.29, 1.82) is 0 Å². The third-order valence-electron chi connectivity index (χ3n) is 4.97. The summed E-state index contributed by atoms with van der Waals surface area (Å²) < 4.78 is 12.7. The van der Waals surface area contributed by atoms with E-state index < -0.39 is 0 Å². The predicted molar refractivity (Wildman–Crippen MR) is 112 cm³/mol. The Hall–Kier alpha value is -2.65. The molecule has 2 aromatic rings. The molecule has 3 rings (SSSR count). The number of hydrogen-bond acceptors (Lipinski definition) is 6. The quantitative estimate of drug-likeness (QED) is 0.497. The first-order chi connectivity index (χ1) is 14.2. The molecule has 2 heterocycles. The molecule has 0 aliphatic carbocycles. The number of ether oxygens (including phenoxy) is 2. The number of nitrogens with one attached hydrogen (secondary N) is 2. The lowest BCUT2D eigenvalue weighted by molar-refractivity contribution is 0.0389. The molecule has 0 saturated carbocycles. The van der Waals surface area contributed by atoms with Crippen LogP contribution >= 0.6 is 0 Å². The second kappa shape index (κ2) is 10.8. The number of aliphatic imine (C=N–C) groups is 1. The largest absolute Gasteiger partial charge is 0.497 e. The standard InChI is InChI=1S/C20H31N7O2/c1-16-24-25-19(26(16)2)15-23-20(21-7-8-27-9-11-29-12-10-27)22-14-17-5-4-6-18(13-17)28-3/h4-6,13H,7-12,14-15H2,1-3H3,(H2,21,22,23). The monoisotopic (exact) mass is 401 g/mol. The molecular weight excluding hydrogens is 370 g/mol. The van der Waals surface area contributed by atoms with Crippen molar-refractivity contribution in [2.45, 2.75) is 20.0 Å². The fourth-order valence-electron chi connectivity index (χ4n) is 3.04. The average Bonchev–Trinajstić information content (AvgIpc) is 3.08. The molecule has 0 unspecified atom stereocenters. The molecule has 0 atom stereocenters. The fourth-order valence-corrected chi connectivity index (χ4v) is 3.04. The molecule has 1 aromatic carbocycles. The third kappa shape index (κ3) is 6.43. The number of rotatable bonds is 8. The predicted octanol–water partition coefficient (Wildman–Crippen LogP) is 0.700. The van der Waals surface area contributed by atoms with Gasteiger partial charge in [-0.3, -0.25) is 4.90 Å². The van der Waals surface area contributed by atoms with Crippen LogP contribution in [0, 0.1) is 6.92 Å². The van der Waals surface area contributed by atoms with Crippen molar-refractivity contribution >= 4 is 5.96 Å². The van der Waals surface area contributed by atoms with Crippen LogP contribution in [0.25, 0.3) is 0 Å². The number of nitrogens with zero attached hydrogens (tertiary/aromatic N) is 5. The Kier molecular flexibility index (Phi) is 7.83. The molecule has 0 amide bonds. The van der Waals surface area contributed by atoms with Crippen molar-refractivity contribution in [1.82, 2.24) is 30.3 Å². The minimum absolute atomic E-state index is 0.554. The number of morpholine rings is 1. The Bertz CT molecular complexity index is 800. The molecule has 9 nitrogen and oxygen atoms in total.